The van der Waals surface area contributed by atoms with Crippen LogP contribution in [0.5, 0.6) is 0 Å². The van der Waals surface area contributed by atoms with E-state index in [1.54, 1.807) is 24.3 Å². The first-order valence-electron chi connectivity index (χ1n) is 8.54. The van der Waals surface area contributed by atoms with Crippen molar-refractivity contribution in [1.29, 1.82) is 0 Å². The first-order chi connectivity index (χ1) is 12.9. The third kappa shape index (κ3) is 2.85. The van der Waals surface area contributed by atoms with Gasteiger partial charge in [-0.25, -0.2) is 0 Å². The minimum atomic E-state index is 0.873. The van der Waals surface area contributed by atoms with Crippen LogP contribution >= 0.6 is 24.3 Å². The maximum Gasteiger partial charge on any atom is 0.0730 e. The lowest BCUT2D eigenvalue weighted by Gasteiger charge is -2.21. The molecule has 0 aromatic heterocycles. The highest BCUT2D eigenvalue weighted by atomic mass is 32.2. The molecule has 2 aliphatic heterocycles. The van der Waals surface area contributed by atoms with Crippen molar-refractivity contribution in [2.24, 2.45) is 0 Å². The molecule has 2 aliphatic rings. The Labute approximate surface area is 162 Å². The summed E-state index contributed by atoms with van der Waals surface area (Å²) in [5, 5.41) is 0. The highest BCUT2D eigenvalue weighted by molar-refractivity contribution is 8.02. The number of para-hydroxylation sites is 4. The fraction of sp³-hybridized carbons (Fsp3) is 0.100. The van der Waals surface area contributed by atoms with Gasteiger partial charge < -0.3 is 9.44 Å². The van der Waals surface area contributed by atoms with Crippen LogP contribution < -0.4 is 18.1 Å². The Morgan fingerprint density at radius 2 is 1.00 bits per heavy atom. The molecule has 0 spiro atoms. The molecule has 26 heavy (non-hydrogen) atoms. The van der Waals surface area contributed by atoms with Crippen LogP contribution in [0.1, 0.15) is 11.1 Å². The van der Waals surface area contributed by atoms with Crippen LogP contribution in [0, 0.1) is 0 Å². The molecule has 0 bridgehead atoms. The molecule has 2 N–H and O–H groups in total. The summed E-state index contributed by atoms with van der Waals surface area (Å²) in [6.45, 7) is 1.75. The number of rotatable bonds is 4. The summed E-state index contributed by atoms with van der Waals surface area (Å²) in [6, 6.07) is 25.6. The van der Waals surface area contributed by atoms with Gasteiger partial charge in [-0.2, -0.15) is 0 Å². The van der Waals surface area contributed by atoms with Crippen LogP contribution in [0.2, 0.25) is 0 Å². The van der Waals surface area contributed by atoms with E-state index in [0.717, 1.165) is 13.1 Å². The topological polar surface area (TPSA) is 30.5 Å². The van der Waals surface area contributed by atoms with Gasteiger partial charge in [0.15, 0.2) is 0 Å². The molecule has 0 unspecified atom stereocenters. The van der Waals surface area contributed by atoms with Gasteiger partial charge in [0, 0.05) is 0 Å². The summed E-state index contributed by atoms with van der Waals surface area (Å²) < 4.78 is 11.4. The second kappa shape index (κ2) is 6.70. The highest BCUT2D eigenvalue weighted by Crippen LogP contribution is 2.42. The summed E-state index contributed by atoms with van der Waals surface area (Å²) >= 11 is 3.32. The Balaban J connectivity index is 1.39. The molecule has 5 rings (SSSR count). The Kier molecular flexibility index (Phi) is 4.07. The SMILES string of the molecule is c1ccc(CN2SNc3ccccc32)c(CN2SNc3ccccc32)c1. The summed E-state index contributed by atoms with van der Waals surface area (Å²) in [4.78, 5) is 0. The van der Waals surface area contributed by atoms with Crippen LogP contribution in [-0.4, -0.2) is 0 Å². The minimum absolute atomic E-state index is 0.873. The van der Waals surface area contributed by atoms with Gasteiger partial charge in [0.05, 0.1) is 60.1 Å². The van der Waals surface area contributed by atoms with E-state index in [4.69, 9.17) is 0 Å². The molecule has 3 aromatic rings. The van der Waals surface area contributed by atoms with Crippen molar-refractivity contribution in [2.45, 2.75) is 13.1 Å². The zero-order valence-electron chi connectivity index (χ0n) is 14.1. The second-order valence-electron chi connectivity index (χ2n) is 6.26. The van der Waals surface area contributed by atoms with Gasteiger partial charge in [-0.15, -0.1) is 0 Å². The largest absolute Gasteiger partial charge is 0.310 e. The van der Waals surface area contributed by atoms with Crippen molar-refractivity contribution >= 4 is 47.0 Å². The molecule has 3 aromatic carbocycles. The van der Waals surface area contributed by atoms with Gasteiger partial charge in [0.25, 0.3) is 0 Å². The summed E-state index contributed by atoms with van der Waals surface area (Å²) in [6.07, 6.45) is 0. The fourth-order valence-electron chi connectivity index (χ4n) is 3.27. The molecular weight excluding hydrogens is 360 g/mol. The lowest BCUT2D eigenvalue weighted by atomic mass is 10.1. The summed E-state index contributed by atoms with van der Waals surface area (Å²) in [5.41, 5.74) is 7.56. The maximum absolute atomic E-state index is 3.39. The second-order valence-corrected chi connectivity index (χ2v) is 7.92. The maximum atomic E-state index is 3.39. The highest BCUT2D eigenvalue weighted by Gasteiger charge is 2.23. The zero-order chi connectivity index (χ0) is 17.3. The molecule has 0 amide bonds. The van der Waals surface area contributed by atoms with Crippen LogP contribution in [0.3, 0.4) is 0 Å². The smallest absolute Gasteiger partial charge is 0.0730 e. The third-order valence-corrected chi connectivity index (χ3v) is 6.34. The van der Waals surface area contributed by atoms with E-state index in [1.165, 1.54) is 33.9 Å². The van der Waals surface area contributed by atoms with Crippen LogP contribution in [-0.2, 0) is 13.1 Å². The van der Waals surface area contributed by atoms with E-state index in [1.807, 2.05) is 0 Å². The molecule has 0 atom stereocenters. The normalized spacial score (nSPS) is 14.6. The Hall–Kier alpha value is -2.44. The standard InChI is InChI=1S/C20H18N4S2/c1-2-8-16(14-24-20-12-6-4-10-18(20)22-26-24)15(7-1)13-23-19-11-5-3-9-17(19)21-25-23/h1-12,21-22H,13-14H2. The fourth-order valence-corrected chi connectivity index (χ4v) is 4.96. The van der Waals surface area contributed by atoms with Crippen LogP contribution in [0.25, 0.3) is 0 Å². The molecular formula is C20H18N4S2. The van der Waals surface area contributed by atoms with Gasteiger partial charge in [-0.3, -0.25) is 8.61 Å². The quantitative estimate of drug-likeness (QED) is 0.568. The summed E-state index contributed by atoms with van der Waals surface area (Å²) in [7, 11) is 0. The Morgan fingerprint density at radius 1 is 0.577 bits per heavy atom. The molecule has 4 nitrogen and oxygen atoms in total. The predicted molar refractivity (Wildman–Crippen MR) is 114 cm³/mol. The number of benzene rings is 3. The summed E-state index contributed by atoms with van der Waals surface area (Å²) in [5.74, 6) is 0. The van der Waals surface area contributed by atoms with E-state index in [9.17, 15) is 0 Å². The first kappa shape index (κ1) is 15.8. The van der Waals surface area contributed by atoms with E-state index in [0.29, 0.717) is 0 Å². The number of nitrogens with zero attached hydrogens (tertiary/aromatic N) is 2. The van der Waals surface area contributed by atoms with Gasteiger partial charge in [-0.05, 0) is 35.4 Å². The van der Waals surface area contributed by atoms with Crippen molar-refractivity contribution < 1.29 is 0 Å². The van der Waals surface area contributed by atoms with E-state index in [2.05, 4.69) is 90.9 Å². The molecule has 2 heterocycles. The zero-order valence-corrected chi connectivity index (χ0v) is 15.7. The predicted octanol–water partition coefficient (Wildman–Crippen LogP) is 5.68. The average Bonchev–Trinajstić information content (AvgIpc) is 3.28. The molecule has 0 saturated heterocycles. The number of fused-ring (bicyclic) bond motifs is 2. The number of nitrogens with one attached hydrogen (secondary N) is 2. The molecule has 0 saturated carbocycles. The third-order valence-electron chi connectivity index (χ3n) is 4.62. The van der Waals surface area contributed by atoms with Crippen molar-refractivity contribution in [3.8, 4) is 0 Å². The van der Waals surface area contributed by atoms with Crippen LogP contribution in [0.15, 0.2) is 72.8 Å². The number of anilines is 4. The van der Waals surface area contributed by atoms with Crippen molar-refractivity contribution in [1.82, 2.24) is 0 Å². The Bertz CT molecular complexity index is 870. The molecule has 6 heteroatoms. The molecule has 0 fully saturated rings. The van der Waals surface area contributed by atoms with Gasteiger partial charge in [0.2, 0.25) is 0 Å². The first-order valence-corrected chi connectivity index (χ1v) is 10.1. The lowest BCUT2D eigenvalue weighted by Crippen LogP contribution is -2.16. The van der Waals surface area contributed by atoms with Crippen LogP contribution in [0.4, 0.5) is 22.7 Å². The average molecular weight is 379 g/mol. The van der Waals surface area contributed by atoms with Gasteiger partial charge in [-0.1, -0.05) is 48.5 Å². The van der Waals surface area contributed by atoms with E-state index >= 15 is 0 Å². The molecule has 0 radical (unpaired) electrons. The molecule has 130 valence electrons. The van der Waals surface area contributed by atoms with Crippen molar-refractivity contribution in [3.05, 3.63) is 83.9 Å². The van der Waals surface area contributed by atoms with Crippen molar-refractivity contribution in [2.75, 3.05) is 18.1 Å². The van der Waals surface area contributed by atoms with E-state index < -0.39 is 0 Å². The monoisotopic (exact) mass is 378 g/mol. The lowest BCUT2D eigenvalue weighted by molar-refractivity contribution is 0.982. The molecule has 0 aliphatic carbocycles. The number of hydrogen-bond acceptors (Lipinski definition) is 6. The van der Waals surface area contributed by atoms with Crippen molar-refractivity contribution in [3.63, 3.8) is 0 Å². The minimum Gasteiger partial charge on any atom is -0.310 e. The van der Waals surface area contributed by atoms with Gasteiger partial charge >= 0.3 is 0 Å². The van der Waals surface area contributed by atoms with Gasteiger partial charge in [0.1, 0.15) is 0 Å². The Morgan fingerprint density at radius 3 is 1.50 bits per heavy atom. The number of hydrogen-bond donors (Lipinski definition) is 2. The van der Waals surface area contributed by atoms with E-state index in [-0.39, 0.29) is 0 Å².